The third-order valence-corrected chi connectivity index (χ3v) is 5.00. The van der Waals surface area contributed by atoms with Crippen LogP contribution in [0.25, 0.3) is 0 Å². The molecule has 0 N–H and O–H groups in total. The van der Waals surface area contributed by atoms with Crippen LogP contribution in [0, 0.1) is 0 Å². The largest absolute Gasteiger partial charge is 0.281 e. The third-order valence-electron chi connectivity index (χ3n) is 2.26. The summed E-state index contributed by atoms with van der Waals surface area (Å²) >= 11 is 3.33. The van der Waals surface area contributed by atoms with Gasteiger partial charge in [-0.2, -0.15) is 17.0 Å². The summed E-state index contributed by atoms with van der Waals surface area (Å²) in [6.07, 6.45) is 1.92. The van der Waals surface area contributed by atoms with E-state index in [1.165, 1.54) is 4.31 Å². The summed E-state index contributed by atoms with van der Waals surface area (Å²) in [7, 11) is -0.0644. The Morgan fingerprint density at radius 3 is 2.62 bits per heavy atom. The van der Waals surface area contributed by atoms with E-state index in [1.807, 2.05) is 0 Å². The van der Waals surface area contributed by atoms with E-state index >= 15 is 0 Å². The molecule has 0 aliphatic carbocycles. The molecule has 1 aliphatic rings. The fourth-order valence-electron chi connectivity index (χ4n) is 1.48. The Balaban J connectivity index is 2.82. The van der Waals surface area contributed by atoms with Crippen LogP contribution in [0.1, 0.15) is 12.8 Å². The molecule has 1 fully saturated rings. The fourth-order valence-corrected chi connectivity index (χ4v) is 3.68. The van der Waals surface area contributed by atoms with Gasteiger partial charge >= 0.3 is 0 Å². The molecule has 0 aromatic carbocycles. The predicted molar refractivity (Wildman–Crippen MR) is 56.1 cm³/mol. The number of hydrogen-bond donors (Lipinski definition) is 0. The minimum atomic E-state index is -3.20. The number of alkyl halides is 1. The van der Waals surface area contributed by atoms with Crippen LogP contribution >= 0.6 is 15.9 Å². The third kappa shape index (κ3) is 2.23. The molecule has 0 radical (unpaired) electrons. The molecule has 78 valence electrons. The fraction of sp³-hybridized carbons (Fsp3) is 1.00. The predicted octanol–water partition coefficient (Wildman–Crippen LogP) is 0.652. The Morgan fingerprint density at radius 1 is 1.54 bits per heavy atom. The lowest BCUT2D eigenvalue weighted by Gasteiger charge is -2.25. The number of halogens is 1. The first-order chi connectivity index (χ1) is 6.00. The van der Waals surface area contributed by atoms with Crippen LogP contribution in [0.3, 0.4) is 0 Å². The van der Waals surface area contributed by atoms with Gasteiger partial charge in [-0.3, -0.25) is 0 Å². The first kappa shape index (κ1) is 11.4. The van der Waals surface area contributed by atoms with E-state index in [0.29, 0.717) is 6.54 Å². The van der Waals surface area contributed by atoms with Crippen molar-refractivity contribution in [1.29, 1.82) is 0 Å². The molecule has 1 heterocycles. The van der Waals surface area contributed by atoms with E-state index in [4.69, 9.17) is 0 Å². The standard InChI is InChI=1S/C7H15BrN2O2S/c1-9(2)13(11,12)10-5-3-4-7(10)6-8/h7H,3-6H2,1-2H3. The molecule has 0 amide bonds. The van der Waals surface area contributed by atoms with E-state index in [2.05, 4.69) is 15.9 Å². The van der Waals surface area contributed by atoms with Gasteiger partial charge in [0.25, 0.3) is 10.2 Å². The van der Waals surface area contributed by atoms with E-state index < -0.39 is 10.2 Å². The van der Waals surface area contributed by atoms with Crippen LogP contribution in [0.15, 0.2) is 0 Å². The highest BCUT2D eigenvalue weighted by atomic mass is 79.9. The average molecular weight is 271 g/mol. The summed E-state index contributed by atoms with van der Waals surface area (Å²) < 4.78 is 26.3. The zero-order valence-electron chi connectivity index (χ0n) is 7.90. The van der Waals surface area contributed by atoms with Crippen molar-refractivity contribution >= 4 is 26.1 Å². The van der Waals surface area contributed by atoms with Crippen LogP contribution in [0.5, 0.6) is 0 Å². The summed E-state index contributed by atoms with van der Waals surface area (Å²) in [6.45, 7) is 0.650. The van der Waals surface area contributed by atoms with Gasteiger partial charge in [-0.15, -0.1) is 0 Å². The Labute approximate surface area is 88.2 Å². The van der Waals surface area contributed by atoms with E-state index in [-0.39, 0.29) is 6.04 Å². The lowest BCUT2D eigenvalue weighted by atomic mass is 10.3. The smallest absolute Gasteiger partial charge is 0.195 e. The van der Waals surface area contributed by atoms with Gasteiger partial charge in [0.2, 0.25) is 0 Å². The Morgan fingerprint density at radius 2 is 2.15 bits per heavy atom. The molecule has 1 saturated heterocycles. The monoisotopic (exact) mass is 270 g/mol. The van der Waals surface area contributed by atoms with Crippen molar-refractivity contribution in [2.45, 2.75) is 18.9 Å². The molecule has 6 heteroatoms. The molecule has 0 aromatic rings. The van der Waals surface area contributed by atoms with Gasteiger partial charge in [0.15, 0.2) is 0 Å². The van der Waals surface area contributed by atoms with Crippen molar-refractivity contribution < 1.29 is 8.42 Å². The average Bonchev–Trinajstić information content (AvgIpc) is 2.51. The number of hydrogen-bond acceptors (Lipinski definition) is 2. The summed E-state index contributed by atoms with van der Waals surface area (Å²) in [5.74, 6) is 0. The van der Waals surface area contributed by atoms with Gasteiger partial charge in [-0.25, -0.2) is 0 Å². The quantitative estimate of drug-likeness (QED) is 0.707. The molecular formula is C7H15BrN2O2S. The normalized spacial score (nSPS) is 25.7. The number of nitrogens with zero attached hydrogens (tertiary/aromatic N) is 2. The maximum Gasteiger partial charge on any atom is 0.281 e. The van der Waals surface area contributed by atoms with Crippen molar-refractivity contribution in [3.63, 3.8) is 0 Å². The van der Waals surface area contributed by atoms with Crippen LogP contribution in [-0.2, 0) is 10.2 Å². The number of rotatable bonds is 3. The first-order valence-electron chi connectivity index (χ1n) is 4.25. The Bertz CT molecular complexity index is 266. The molecule has 4 nitrogen and oxygen atoms in total. The highest BCUT2D eigenvalue weighted by Crippen LogP contribution is 2.23. The van der Waals surface area contributed by atoms with Crippen LogP contribution in [-0.4, -0.2) is 49.0 Å². The van der Waals surface area contributed by atoms with Crippen molar-refractivity contribution in [3.8, 4) is 0 Å². The summed E-state index contributed by atoms with van der Waals surface area (Å²) in [5, 5.41) is 0.722. The molecule has 1 unspecified atom stereocenters. The van der Waals surface area contributed by atoms with Crippen LogP contribution < -0.4 is 0 Å². The van der Waals surface area contributed by atoms with Gasteiger partial charge in [0.05, 0.1) is 0 Å². The molecule has 13 heavy (non-hydrogen) atoms. The second kappa shape index (κ2) is 4.25. The van der Waals surface area contributed by atoms with Crippen LogP contribution in [0.4, 0.5) is 0 Å². The summed E-state index contributed by atoms with van der Waals surface area (Å²) in [4.78, 5) is 0. The van der Waals surface area contributed by atoms with Crippen molar-refractivity contribution in [1.82, 2.24) is 8.61 Å². The van der Waals surface area contributed by atoms with Crippen molar-refractivity contribution in [3.05, 3.63) is 0 Å². The zero-order chi connectivity index (χ0) is 10.1. The van der Waals surface area contributed by atoms with Crippen molar-refractivity contribution in [2.75, 3.05) is 26.0 Å². The lowest BCUT2D eigenvalue weighted by Crippen LogP contribution is -2.43. The first-order valence-corrected chi connectivity index (χ1v) is 6.77. The summed E-state index contributed by atoms with van der Waals surface area (Å²) in [6, 6.07) is 0.132. The lowest BCUT2D eigenvalue weighted by molar-refractivity contribution is 0.376. The maximum atomic E-state index is 11.7. The Kier molecular flexibility index (Phi) is 3.73. The maximum absolute atomic E-state index is 11.7. The molecular weight excluding hydrogens is 256 g/mol. The molecule has 1 aliphatic heterocycles. The zero-order valence-corrected chi connectivity index (χ0v) is 10.3. The Hall–Kier alpha value is 0.350. The second-order valence-electron chi connectivity index (χ2n) is 3.35. The van der Waals surface area contributed by atoms with Gasteiger partial charge in [-0.1, -0.05) is 15.9 Å². The molecule has 0 aromatic heterocycles. The summed E-state index contributed by atoms with van der Waals surface area (Å²) in [5.41, 5.74) is 0. The van der Waals surface area contributed by atoms with Gasteiger partial charge in [0, 0.05) is 32.0 Å². The van der Waals surface area contributed by atoms with E-state index in [1.54, 1.807) is 18.4 Å². The second-order valence-corrected chi connectivity index (χ2v) is 6.09. The topological polar surface area (TPSA) is 40.6 Å². The molecule has 0 bridgehead atoms. The van der Waals surface area contributed by atoms with Crippen molar-refractivity contribution in [2.24, 2.45) is 0 Å². The molecule has 1 atom stereocenters. The molecule has 0 saturated carbocycles. The van der Waals surface area contributed by atoms with Crippen LogP contribution in [0.2, 0.25) is 0 Å². The van der Waals surface area contributed by atoms with Gasteiger partial charge in [0.1, 0.15) is 0 Å². The minimum absolute atomic E-state index is 0.132. The van der Waals surface area contributed by atoms with E-state index in [9.17, 15) is 8.42 Å². The molecule has 0 spiro atoms. The molecule has 1 rings (SSSR count). The van der Waals surface area contributed by atoms with Gasteiger partial charge < -0.3 is 0 Å². The highest BCUT2D eigenvalue weighted by Gasteiger charge is 2.34. The highest BCUT2D eigenvalue weighted by molar-refractivity contribution is 9.09. The SMILES string of the molecule is CN(C)S(=O)(=O)N1CCCC1CBr. The van der Waals surface area contributed by atoms with E-state index in [0.717, 1.165) is 18.2 Å². The minimum Gasteiger partial charge on any atom is -0.195 e. The van der Waals surface area contributed by atoms with Gasteiger partial charge in [-0.05, 0) is 12.8 Å².